The summed E-state index contributed by atoms with van der Waals surface area (Å²) in [5.41, 5.74) is 7.25. The van der Waals surface area contributed by atoms with E-state index in [0.717, 1.165) is 43.8 Å². The quantitative estimate of drug-likeness (QED) is 0.401. The Hall–Kier alpha value is -3.80. The van der Waals surface area contributed by atoms with E-state index in [2.05, 4.69) is 35.7 Å². The molecule has 4 aromatic rings. The largest absolute Gasteiger partial charge is 0.417 e. The summed E-state index contributed by atoms with van der Waals surface area (Å²) in [6.45, 7) is 0. The Morgan fingerprint density at radius 1 is 0.853 bits per heavy atom. The molecule has 0 spiro atoms. The molecule has 1 aliphatic carbocycles. The fourth-order valence-electron chi connectivity index (χ4n) is 3.89. The van der Waals surface area contributed by atoms with Gasteiger partial charge in [-0.05, 0) is 49.9 Å². The van der Waals surface area contributed by atoms with E-state index in [4.69, 9.17) is 5.73 Å². The van der Waals surface area contributed by atoms with Crippen LogP contribution in [0.5, 0.6) is 0 Å². The Balaban J connectivity index is 1.31. The molecule has 4 N–H and O–H groups in total. The number of anilines is 3. The van der Waals surface area contributed by atoms with Gasteiger partial charge < -0.3 is 16.4 Å². The molecule has 34 heavy (non-hydrogen) atoms. The highest BCUT2D eigenvalue weighted by atomic mass is 19.4. The highest BCUT2D eigenvalue weighted by Gasteiger charge is 2.30. The van der Waals surface area contributed by atoms with Crippen LogP contribution in [0.15, 0.2) is 49.1 Å². The molecule has 9 nitrogen and oxygen atoms in total. The van der Waals surface area contributed by atoms with Crippen LogP contribution in [0.3, 0.4) is 0 Å². The zero-order valence-electron chi connectivity index (χ0n) is 18.0. The number of aromatic nitrogens is 6. The molecule has 0 saturated heterocycles. The van der Waals surface area contributed by atoms with Gasteiger partial charge in [0.25, 0.3) is 0 Å². The molecule has 4 heterocycles. The molecule has 5 rings (SSSR count). The molecule has 4 aromatic heterocycles. The average Bonchev–Trinajstić information content (AvgIpc) is 3.24. The normalized spacial score (nSPS) is 18.7. The van der Waals surface area contributed by atoms with Crippen LogP contribution < -0.4 is 16.4 Å². The minimum absolute atomic E-state index is 0.204. The number of hydrogen-bond acceptors (Lipinski definition) is 8. The lowest BCUT2D eigenvalue weighted by molar-refractivity contribution is -0.137. The first-order valence-electron chi connectivity index (χ1n) is 10.8. The van der Waals surface area contributed by atoms with E-state index >= 15 is 0 Å². The molecule has 0 radical (unpaired) electrons. The van der Waals surface area contributed by atoms with Crippen molar-refractivity contribution in [3.05, 3.63) is 54.6 Å². The summed E-state index contributed by atoms with van der Waals surface area (Å²) in [7, 11) is 0. The van der Waals surface area contributed by atoms with Crippen LogP contribution in [-0.2, 0) is 6.18 Å². The van der Waals surface area contributed by atoms with Crippen LogP contribution in [0, 0.1) is 0 Å². The second-order valence-corrected chi connectivity index (χ2v) is 8.24. The smallest absolute Gasteiger partial charge is 0.366 e. The third kappa shape index (κ3) is 4.76. The van der Waals surface area contributed by atoms with Gasteiger partial charge in [-0.15, -0.1) is 5.10 Å². The maximum atomic E-state index is 12.7. The van der Waals surface area contributed by atoms with Gasteiger partial charge in [-0.1, -0.05) is 0 Å². The summed E-state index contributed by atoms with van der Waals surface area (Å²) in [6.07, 6.45) is 5.20. The van der Waals surface area contributed by atoms with Crippen molar-refractivity contribution >= 4 is 23.2 Å². The minimum Gasteiger partial charge on any atom is -0.366 e. The van der Waals surface area contributed by atoms with Crippen molar-refractivity contribution in [2.24, 2.45) is 5.73 Å². The molecule has 0 amide bonds. The molecule has 0 atom stereocenters. The van der Waals surface area contributed by atoms with Crippen molar-refractivity contribution in [2.45, 2.75) is 43.9 Å². The number of nitrogens with one attached hydrogen (secondary N) is 2. The van der Waals surface area contributed by atoms with E-state index in [1.807, 2.05) is 12.1 Å². The first-order chi connectivity index (χ1) is 16.3. The molecule has 1 aliphatic rings. The van der Waals surface area contributed by atoms with Crippen LogP contribution in [0.2, 0.25) is 0 Å². The monoisotopic (exact) mass is 469 g/mol. The number of alkyl halides is 3. The Morgan fingerprint density at radius 2 is 1.59 bits per heavy atom. The van der Waals surface area contributed by atoms with Gasteiger partial charge in [-0.25, -0.2) is 24.5 Å². The maximum absolute atomic E-state index is 12.7. The molecule has 0 aliphatic heterocycles. The topological polar surface area (TPSA) is 119 Å². The first-order valence-corrected chi connectivity index (χ1v) is 10.8. The Bertz CT molecular complexity index is 1260. The van der Waals surface area contributed by atoms with Crippen molar-refractivity contribution in [1.29, 1.82) is 0 Å². The van der Waals surface area contributed by atoms with Crippen molar-refractivity contribution < 1.29 is 13.2 Å². The third-order valence-corrected chi connectivity index (χ3v) is 5.76. The van der Waals surface area contributed by atoms with Gasteiger partial charge in [0.15, 0.2) is 5.65 Å². The number of imidazole rings is 1. The standard InChI is InChI=1S/C22H22F3N9/c23-22(24,25)14-1-6-18(27-11-14)32-21-29-9-13(10-30-21)17-12-28-20-8-7-19(33-34(17)20)31-16-4-2-15(26)3-5-16/h1,6-12,15-16H,2-5,26H2,(H,31,33)(H,27,29,30,32)/t15-,16-. The van der Waals surface area contributed by atoms with Crippen LogP contribution in [-0.4, -0.2) is 41.6 Å². The number of fused-ring (bicyclic) bond motifs is 1. The molecule has 1 saturated carbocycles. The first kappa shape index (κ1) is 22.0. The van der Waals surface area contributed by atoms with Crippen molar-refractivity contribution in [1.82, 2.24) is 29.5 Å². The molecular formula is C22H22F3N9. The fourth-order valence-corrected chi connectivity index (χ4v) is 3.89. The Labute approximate surface area is 192 Å². The molecule has 1 fully saturated rings. The average molecular weight is 469 g/mol. The van der Waals surface area contributed by atoms with E-state index < -0.39 is 11.7 Å². The second-order valence-electron chi connectivity index (χ2n) is 8.24. The molecule has 12 heteroatoms. The minimum atomic E-state index is -4.44. The summed E-state index contributed by atoms with van der Waals surface area (Å²) in [5, 5.41) is 11.0. The lowest BCUT2D eigenvalue weighted by Gasteiger charge is -2.27. The predicted molar refractivity (Wildman–Crippen MR) is 120 cm³/mol. The van der Waals surface area contributed by atoms with E-state index in [-0.39, 0.29) is 17.8 Å². The highest BCUT2D eigenvalue weighted by Crippen LogP contribution is 2.29. The summed E-state index contributed by atoms with van der Waals surface area (Å²) in [5.74, 6) is 1.16. The van der Waals surface area contributed by atoms with Crippen molar-refractivity contribution in [3.63, 3.8) is 0 Å². The van der Waals surface area contributed by atoms with E-state index in [0.29, 0.717) is 22.9 Å². The zero-order chi connectivity index (χ0) is 23.7. The van der Waals surface area contributed by atoms with Crippen molar-refractivity contribution in [2.75, 3.05) is 10.6 Å². The second kappa shape index (κ2) is 8.86. The number of nitrogens with two attached hydrogens (primary N) is 1. The van der Waals surface area contributed by atoms with E-state index in [9.17, 15) is 13.2 Å². The third-order valence-electron chi connectivity index (χ3n) is 5.76. The fraction of sp³-hybridized carbons (Fsp3) is 0.318. The Morgan fingerprint density at radius 3 is 2.26 bits per heavy atom. The van der Waals surface area contributed by atoms with Crippen LogP contribution in [0.4, 0.5) is 30.8 Å². The number of hydrogen-bond donors (Lipinski definition) is 3. The molecule has 0 unspecified atom stereocenters. The molecule has 176 valence electrons. The molecule has 0 bridgehead atoms. The summed E-state index contributed by atoms with van der Waals surface area (Å²) >= 11 is 0. The van der Waals surface area contributed by atoms with Crippen LogP contribution >= 0.6 is 0 Å². The van der Waals surface area contributed by atoms with Gasteiger partial charge in [0, 0.05) is 36.2 Å². The zero-order valence-corrected chi connectivity index (χ0v) is 18.0. The van der Waals surface area contributed by atoms with Crippen LogP contribution in [0.25, 0.3) is 16.9 Å². The van der Waals surface area contributed by atoms with Crippen LogP contribution in [0.1, 0.15) is 31.2 Å². The van der Waals surface area contributed by atoms with Gasteiger partial charge in [-0.3, -0.25) is 0 Å². The number of pyridine rings is 1. The maximum Gasteiger partial charge on any atom is 0.417 e. The van der Waals surface area contributed by atoms with Gasteiger partial charge in [0.2, 0.25) is 5.95 Å². The highest BCUT2D eigenvalue weighted by molar-refractivity contribution is 5.63. The Kier molecular flexibility index (Phi) is 5.74. The molecule has 0 aromatic carbocycles. The van der Waals surface area contributed by atoms with Gasteiger partial charge >= 0.3 is 6.18 Å². The van der Waals surface area contributed by atoms with Gasteiger partial charge in [0.05, 0.1) is 17.5 Å². The number of nitrogens with zero attached hydrogens (tertiary/aromatic N) is 6. The number of rotatable bonds is 5. The SMILES string of the molecule is N[C@H]1CC[C@H](Nc2ccc3ncc(-c4cnc(Nc5ccc(C(F)(F)F)cn5)nc4)n3n2)CC1. The van der Waals surface area contributed by atoms with E-state index in [1.54, 1.807) is 23.1 Å². The van der Waals surface area contributed by atoms with Crippen molar-refractivity contribution in [3.8, 4) is 11.3 Å². The predicted octanol–water partition coefficient (Wildman–Crippen LogP) is 4.03. The van der Waals surface area contributed by atoms with E-state index in [1.165, 1.54) is 6.07 Å². The summed E-state index contributed by atoms with van der Waals surface area (Å²) in [4.78, 5) is 16.7. The van der Waals surface area contributed by atoms with Gasteiger partial charge in [-0.2, -0.15) is 13.2 Å². The summed E-state index contributed by atoms with van der Waals surface area (Å²) in [6, 6.07) is 6.58. The number of halogens is 3. The lowest BCUT2D eigenvalue weighted by atomic mass is 9.92. The lowest BCUT2D eigenvalue weighted by Crippen LogP contribution is -2.33. The summed E-state index contributed by atoms with van der Waals surface area (Å²) < 4.78 is 39.8. The molecular weight excluding hydrogens is 447 g/mol. The van der Waals surface area contributed by atoms with Gasteiger partial charge in [0.1, 0.15) is 11.6 Å².